The molecule has 1 saturated carbocycles. The number of ether oxygens (including phenoxy) is 2. The molecule has 1 aliphatic carbocycles. The number of unbranched alkanes of at least 4 members (excludes halogenated alkanes) is 5. The van der Waals surface area contributed by atoms with Crippen LogP contribution < -0.4 is 9.47 Å². The Labute approximate surface area is 239 Å². The number of halogens is 4. The van der Waals surface area contributed by atoms with E-state index in [9.17, 15) is 18.0 Å². The molecular weight excluding hydrogens is 532 g/mol. The van der Waals surface area contributed by atoms with Crippen molar-refractivity contribution in [3.05, 3.63) is 82.9 Å². The van der Waals surface area contributed by atoms with E-state index >= 15 is 4.39 Å². The Morgan fingerprint density at radius 1 is 0.732 bits per heavy atom. The van der Waals surface area contributed by atoms with Crippen molar-refractivity contribution in [2.45, 2.75) is 84.0 Å². The molecule has 3 nitrogen and oxygen atoms in total. The van der Waals surface area contributed by atoms with E-state index in [0.717, 1.165) is 63.9 Å². The third-order valence-corrected chi connectivity index (χ3v) is 7.97. The average Bonchev–Trinajstić information content (AvgIpc) is 2.98. The topological polar surface area (TPSA) is 35.5 Å². The predicted octanol–water partition coefficient (Wildman–Crippen LogP) is 10.2. The van der Waals surface area contributed by atoms with E-state index in [-0.39, 0.29) is 29.4 Å². The average molecular weight is 571 g/mol. The molecule has 0 saturated heterocycles. The molecule has 3 aromatic carbocycles. The van der Waals surface area contributed by atoms with Gasteiger partial charge >= 0.3 is 5.97 Å². The summed E-state index contributed by atoms with van der Waals surface area (Å²) >= 11 is 0. The van der Waals surface area contributed by atoms with Crippen LogP contribution in [0.4, 0.5) is 17.6 Å². The molecule has 1 aliphatic rings. The molecule has 1 fully saturated rings. The molecule has 220 valence electrons. The van der Waals surface area contributed by atoms with Gasteiger partial charge in [-0.3, -0.25) is 0 Å². The smallest absolute Gasteiger partial charge is 0.343 e. The Morgan fingerprint density at radius 2 is 1.37 bits per heavy atom. The van der Waals surface area contributed by atoms with Crippen LogP contribution in [0.5, 0.6) is 11.5 Å². The van der Waals surface area contributed by atoms with Crippen LogP contribution in [0.15, 0.2) is 48.5 Å². The highest BCUT2D eigenvalue weighted by molar-refractivity contribution is 5.91. The fourth-order valence-corrected chi connectivity index (χ4v) is 5.39. The zero-order chi connectivity index (χ0) is 29.4. The van der Waals surface area contributed by atoms with E-state index < -0.39 is 35.0 Å². The minimum atomic E-state index is -1.32. The van der Waals surface area contributed by atoms with Gasteiger partial charge < -0.3 is 9.47 Å². The van der Waals surface area contributed by atoms with E-state index in [0.29, 0.717) is 17.0 Å². The third-order valence-electron chi connectivity index (χ3n) is 7.97. The summed E-state index contributed by atoms with van der Waals surface area (Å²) in [5.74, 6) is -5.40. The highest BCUT2D eigenvalue weighted by atomic mass is 19.2. The Balaban J connectivity index is 1.37. The number of benzene rings is 3. The van der Waals surface area contributed by atoms with E-state index in [1.807, 2.05) is 0 Å². The van der Waals surface area contributed by atoms with Gasteiger partial charge in [0, 0.05) is 5.56 Å². The molecule has 0 N–H and O–H groups in total. The van der Waals surface area contributed by atoms with Crippen molar-refractivity contribution in [2.75, 3.05) is 6.61 Å². The standard InChI is InChI=1S/C34H38F4O3/c1-3-4-5-6-7-8-21-40-28-19-20-29(33(38)32(28)37)41-34(39)25-15-13-24(14-16-25)27-18-17-26(30(35)31(27)36)23-11-9-22(2)10-12-23/h13-20,22-23H,3-12,21H2,1-2H3. The van der Waals surface area contributed by atoms with Crippen molar-refractivity contribution in [1.29, 1.82) is 0 Å². The second-order valence-corrected chi connectivity index (χ2v) is 11.1. The molecule has 3 aromatic rings. The van der Waals surface area contributed by atoms with Crippen LogP contribution in [-0.2, 0) is 0 Å². The third kappa shape index (κ3) is 7.69. The fourth-order valence-electron chi connectivity index (χ4n) is 5.39. The zero-order valence-electron chi connectivity index (χ0n) is 23.8. The maximum atomic E-state index is 15.0. The first-order valence-electron chi connectivity index (χ1n) is 14.7. The summed E-state index contributed by atoms with van der Waals surface area (Å²) in [6.45, 7) is 4.58. The molecular formula is C34H38F4O3. The lowest BCUT2D eigenvalue weighted by atomic mass is 9.79. The molecule has 4 rings (SSSR count). The second-order valence-electron chi connectivity index (χ2n) is 11.1. The second kappa shape index (κ2) is 14.5. The van der Waals surface area contributed by atoms with Crippen molar-refractivity contribution < 1.29 is 31.8 Å². The molecule has 0 spiro atoms. The van der Waals surface area contributed by atoms with Gasteiger partial charge in [0.05, 0.1) is 12.2 Å². The van der Waals surface area contributed by atoms with Gasteiger partial charge in [-0.1, -0.05) is 83.1 Å². The highest BCUT2D eigenvalue weighted by Crippen LogP contribution is 2.39. The highest BCUT2D eigenvalue weighted by Gasteiger charge is 2.25. The first kappa shape index (κ1) is 30.6. The Morgan fingerprint density at radius 3 is 2.07 bits per heavy atom. The number of carbonyl (C=O) groups is 1. The lowest BCUT2D eigenvalue weighted by Crippen LogP contribution is -2.13. The maximum Gasteiger partial charge on any atom is 0.343 e. The van der Waals surface area contributed by atoms with Gasteiger partial charge in [0.15, 0.2) is 23.1 Å². The van der Waals surface area contributed by atoms with Gasteiger partial charge in [0.1, 0.15) is 0 Å². The Hall–Kier alpha value is -3.35. The summed E-state index contributed by atoms with van der Waals surface area (Å²) in [7, 11) is 0. The number of hydrogen-bond acceptors (Lipinski definition) is 3. The van der Waals surface area contributed by atoms with Crippen LogP contribution in [0.1, 0.15) is 99.9 Å². The van der Waals surface area contributed by atoms with Crippen LogP contribution in [0, 0.1) is 29.2 Å². The van der Waals surface area contributed by atoms with E-state index in [1.54, 1.807) is 12.1 Å². The Kier molecular flexibility index (Phi) is 10.8. The first-order chi connectivity index (χ1) is 19.8. The first-order valence-corrected chi connectivity index (χ1v) is 14.7. The summed E-state index contributed by atoms with van der Waals surface area (Å²) in [6, 6.07) is 11.3. The number of hydrogen-bond donors (Lipinski definition) is 0. The lowest BCUT2D eigenvalue weighted by Gasteiger charge is -2.27. The van der Waals surface area contributed by atoms with Crippen molar-refractivity contribution in [2.24, 2.45) is 5.92 Å². The van der Waals surface area contributed by atoms with Crippen LogP contribution in [-0.4, -0.2) is 12.6 Å². The van der Waals surface area contributed by atoms with Gasteiger partial charge in [-0.05, 0) is 66.5 Å². The monoisotopic (exact) mass is 570 g/mol. The van der Waals surface area contributed by atoms with Gasteiger partial charge in [-0.15, -0.1) is 0 Å². The van der Waals surface area contributed by atoms with Crippen LogP contribution >= 0.6 is 0 Å². The van der Waals surface area contributed by atoms with Crippen LogP contribution in [0.25, 0.3) is 11.1 Å². The van der Waals surface area contributed by atoms with Gasteiger partial charge in [0.25, 0.3) is 0 Å². The molecule has 0 aromatic heterocycles. The molecule has 7 heteroatoms. The molecule has 41 heavy (non-hydrogen) atoms. The van der Waals surface area contributed by atoms with E-state index in [2.05, 4.69) is 13.8 Å². The predicted molar refractivity (Wildman–Crippen MR) is 152 cm³/mol. The Bertz CT molecular complexity index is 1310. The van der Waals surface area contributed by atoms with Crippen molar-refractivity contribution in [3.63, 3.8) is 0 Å². The van der Waals surface area contributed by atoms with E-state index in [1.165, 1.54) is 36.8 Å². The largest absolute Gasteiger partial charge is 0.490 e. The van der Waals surface area contributed by atoms with Gasteiger partial charge in [0.2, 0.25) is 11.6 Å². The normalized spacial score (nSPS) is 16.9. The van der Waals surface area contributed by atoms with Gasteiger partial charge in [-0.25, -0.2) is 13.6 Å². The molecule has 0 heterocycles. The van der Waals surface area contributed by atoms with Crippen molar-refractivity contribution in [3.8, 4) is 22.6 Å². The summed E-state index contributed by atoms with van der Waals surface area (Å²) in [4.78, 5) is 12.6. The SMILES string of the molecule is CCCCCCCCOc1ccc(OC(=O)c2ccc(-c3ccc(C4CCC(C)CC4)c(F)c3F)cc2)c(F)c1F. The zero-order valence-corrected chi connectivity index (χ0v) is 23.8. The maximum absolute atomic E-state index is 15.0. The lowest BCUT2D eigenvalue weighted by molar-refractivity contribution is 0.0726. The minimum absolute atomic E-state index is 0.0121. The van der Waals surface area contributed by atoms with Crippen LogP contribution in [0.2, 0.25) is 0 Å². The summed E-state index contributed by atoms with van der Waals surface area (Å²) in [5.41, 5.74) is 0.920. The number of rotatable bonds is 12. The van der Waals surface area contributed by atoms with Crippen molar-refractivity contribution in [1.82, 2.24) is 0 Å². The van der Waals surface area contributed by atoms with Gasteiger partial charge in [-0.2, -0.15) is 8.78 Å². The molecule has 0 atom stereocenters. The van der Waals surface area contributed by atoms with Crippen LogP contribution in [0.3, 0.4) is 0 Å². The van der Waals surface area contributed by atoms with Crippen molar-refractivity contribution >= 4 is 5.97 Å². The summed E-state index contributed by atoms with van der Waals surface area (Å²) in [6.07, 6.45) is 9.91. The molecule has 0 radical (unpaired) electrons. The molecule has 0 bridgehead atoms. The molecule has 0 amide bonds. The summed E-state index contributed by atoms with van der Waals surface area (Å²) in [5, 5.41) is 0. The van der Waals surface area contributed by atoms with E-state index in [4.69, 9.17) is 9.47 Å². The number of esters is 1. The minimum Gasteiger partial charge on any atom is -0.490 e. The molecule has 0 aliphatic heterocycles. The molecule has 0 unspecified atom stereocenters. The fraction of sp³-hybridized carbons (Fsp3) is 0.441. The quantitative estimate of drug-likeness (QED) is 0.0941. The summed E-state index contributed by atoms with van der Waals surface area (Å²) < 4.78 is 69.6. The number of carbonyl (C=O) groups excluding carboxylic acids is 1.